The van der Waals surface area contributed by atoms with Crippen LogP contribution in [0.4, 0.5) is 0 Å². The predicted octanol–water partition coefficient (Wildman–Crippen LogP) is 17.9. The highest BCUT2D eigenvalue weighted by Crippen LogP contribution is 2.37. The van der Waals surface area contributed by atoms with Crippen molar-refractivity contribution in [3.63, 3.8) is 0 Å². The van der Waals surface area contributed by atoms with Crippen LogP contribution in [-0.4, -0.2) is 37.6 Å². The molecule has 71 heavy (non-hydrogen) atoms. The van der Waals surface area contributed by atoms with Gasteiger partial charge in [-0.15, -0.1) is 0 Å². The third-order valence-electron chi connectivity index (χ3n) is 13.8. The number of benzene rings is 6. The number of phenols is 2. The van der Waals surface area contributed by atoms with Crippen LogP contribution in [-0.2, 0) is 29.1 Å². The van der Waals surface area contributed by atoms with Gasteiger partial charge in [-0.25, -0.2) is 0 Å². The Kier molecular flexibility index (Phi) is 27.6. The minimum Gasteiger partial charge on any atom is -0.508 e. The van der Waals surface area contributed by atoms with Crippen LogP contribution >= 0.6 is 11.6 Å². The summed E-state index contributed by atoms with van der Waals surface area (Å²) in [6, 6.07) is 44.3. The molecule has 0 spiro atoms. The van der Waals surface area contributed by atoms with Crippen molar-refractivity contribution in [2.45, 2.75) is 151 Å². The van der Waals surface area contributed by atoms with Crippen molar-refractivity contribution in [3.05, 3.63) is 189 Å². The van der Waals surface area contributed by atoms with Crippen molar-refractivity contribution >= 4 is 11.6 Å². The number of aryl methyl sites for hydroxylation is 1. The van der Waals surface area contributed by atoms with Gasteiger partial charge in [0.25, 0.3) is 0 Å². The highest BCUT2D eigenvalue weighted by atomic mass is 35.5. The Morgan fingerprint density at radius 2 is 0.915 bits per heavy atom. The predicted molar refractivity (Wildman–Crippen MR) is 300 cm³/mol. The molecule has 7 heteroatoms. The average Bonchev–Trinajstić information content (AvgIpc) is 3.68. The molecule has 0 heterocycles. The number of hydrogen-bond acceptors (Lipinski definition) is 6. The zero-order valence-electron chi connectivity index (χ0n) is 45.4. The fourth-order valence-corrected chi connectivity index (χ4v) is 8.30. The lowest BCUT2D eigenvalue weighted by molar-refractivity contribution is 0.164. The summed E-state index contributed by atoms with van der Waals surface area (Å²) in [5, 5.41) is 18.8. The molecule has 0 fully saturated rings. The van der Waals surface area contributed by atoms with Crippen molar-refractivity contribution in [2.75, 3.05) is 27.4 Å². The maximum atomic E-state index is 9.01. The van der Waals surface area contributed by atoms with E-state index in [1.54, 1.807) is 49.6 Å². The zero-order valence-corrected chi connectivity index (χ0v) is 46.2. The molecular formula is C64H87ClO6. The third-order valence-corrected chi connectivity index (χ3v) is 14.0. The standard InChI is InChI=1S/C23H32O4.C11H14.C10H13Cl.2C10H14O/c1-6-18(3)19-7-9-22(10-8-19)26-11-12-27-23-20(15-24-4)13-17(2)14-21(23)16-25-5;1-8-7-10-5-3-4-6-11(10)9(8)2;3*1-3-8(2)9-4-6-10(11)7-5-9/h7-10,13-14,18H,6,11-12,15-16H2,1-5H3;3-6,8-9H,7H2,1-2H3;4-8H,3H2,1-2H3;2*4-8,11H,3H2,1-2H3. The third kappa shape index (κ3) is 20.8. The first-order chi connectivity index (χ1) is 34.1. The lowest BCUT2D eigenvalue weighted by atomic mass is 9.97. The van der Waals surface area contributed by atoms with Crippen molar-refractivity contribution in [2.24, 2.45) is 5.92 Å². The lowest BCUT2D eigenvalue weighted by Gasteiger charge is -2.17. The number of halogens is 1. The minimum atomic E-state index is 0.344. The molecule has 0 aromatic heterocycles. The maximum absolute atomic E-state index is 9.01. The number of hydrogen-bond donors (Lipinski definition) is 2. The fourth-order valence-electron chi connectivity index (χ4n) is 8.17. The Bertz CT molecular complexity index is 2190. The number of methoxy groups -OCH3 is 2. The first-order valence-electron chi connectivity index (χ1n) is 26.0. The van der Waals surface area contributed by atoms with E-state index in [9.17, 15) is 0 Å². The molecule has 0 saturated heterocycles. The van der Waals surface area contributed by atoms with Crippen LogP contribution in [0.25, 0.3) is 0 Å². The fraction of sp³-hybridized carbons (Fsp3) is 0.438. The van der Waals surface area contributed by atoms with Crippen LogP contribution in [0.3, 0.4) is 0 Å². The largest absolute Gasteiger partial charge is 0.508 e. The lowest BCUT2D eigenvalue weighted by Crippen LogP contribution is -2.12. The smallest absolute Gasteiger partial charge is 0.130 e. The molecule has 6 atom stereocenters. The molecule has 386 valence electrons. The van der Waals surface area contributed by atoms with Gasteiger partial charge < -0.3 is 29.2 Å². The Hall–Kier alpha value is -5.27. The quantitative estimate of drug-likeness (QED) is 0.0887. The molecule has 1 aliphatic rings. The summed E-state index contributed by atoms with van der Waals surface area (Å²) in [6.07, 6.45) is 5.88. The van der Waals surface area contributed by atoms with Gasteiger partial charge in [0.15, 0.2) is 0 Å². The van der Waals surface area contributed by atoms with Crippen LogP contribution in [0.2, 0.25) is 5.02 Å². The SMILES string of the molecule is CC1Cc2ccccc2C1C.CCC(C)c1ccc(Cl)cc1.CCC(C)c1ccc(O)cc1.CCC(C)c1ccc(O)cc1.CCC(C)c1ccc(OCCOc2c(COC)cc(C)cc2COC)cc1. The average molecular weight is 988 g/mol. The second-order valence-electron chi connectivity index (χ2n) is 19.2. The van der Waals surface area contributed by atoms with E-state index in [0.29, 0.717) is 61.6 Å². The monoisotopic (exact) mass is 987 g/mol. The highest BCUT2D eigenvalue weighted by Gasteiger charge is 2.24. The molecule has 6 aromatic rings. The van der Waals surface area contributed by atoms with E-state index >= 15 is 0 Å². The molecule has 0 amide bonds. The Morgan fingerprint density at radius 1 is 0.535 bits per heavy atom. The summed E-state index contributed by atoms with van der Waals surface area (Å²) in [5.41, 5.74) is 11.7. The number of phenolic OH excluding ortho intramolecular Hbond substituents is 2. The minimum absolute atomic E-state index is 0.344. The van der Waals surface area contributed by atoms with Crippen molar-refractivity contribution in [1.82, 2.24) is 0 Å². The van der Waals surface area contributed by atoms with E-state index < -0.39 is 0 Å². The van der Waals surface area contributed by atoms with E-state index in [1.807, 2.05) is 48.5 Å². The molecule has 0 saturated carbocycles. The summed E-state index contributed by atoms with van der Waals surface area (Å²) < 4.78 is 22.5. The maximum Gasteiger partial charge on any atom is 0.130 e. The number of aromatic hydroxyl groups is 2. The van der Waals surface area contributed by atoms with Gasteiger partial charge in [-0.05, 0) is 156 Å². The Balaban J connectivity index is 0.000000253. The van der Waals surface area contributed by atoms with Gasteiger partial charge in [-0.3, -0.25) is 0 Å². The van der Waals surface area contributed by atoms with Crippen molar-refractivity contribution in [3.8, 4) is 23.0 Å². The van der Waals surface area contributed by atoms with Gasteiger partial charge in [0.1, 0.15) is 36.2 Å². The van der Waals surface area contributed by atoms with Crippen LogP contribution in [0.15, 0.2) is 133 Å². The Morgan fingerprint density at radius 3 is 1.31 bits per heavy atom. The van der Waals surface area contributed by atoms with Gasteiger partial charge in [-0.2, -0.15) is 0 Å². The number of rotatable bonds is 17. The molecule has 6 unspecified atom stereocenters. The first-order valence-corrected chi connectivity index (χ1v) is 26.3. The van der Waals surface area contributed by atoms with Gasteiger partial charge in [-0.1, -0.05) is 171 Å². The molecule has 1 aliphatic carbocycles. The van der Waals surface area contributed by atoms with E-state index in [2.05, 4.69) is 137 Å². The first kappa shape index (κ1) is 60.0. The molecule has 0 radical (unpaired) electrons. The van der Waals surface area contributed by atoms with Gasteiger partial charge in [0.05, 0.1) is 13.2 Å². The van der Waals surface area contributed by atoms with Gasteiger partial charge >= 0.3 is 0 Å². The second kappa shape index (κ2) is 32.7. The van der Waals surface area contributed by atoms with E-state index in [0.717, 1.165) is 58.7 Å². The molecule has 7 rings (SSSR count). The van der Waals surface area contributed by atoms with Crippen LogP contribution < -0.4 is 9.47 Å². The van der Waals surface area contributed by atoms with Crippen LogP contribution in [0.1, 0.15) is 175 Å². The summed E-state index contributed by atoms with van der Waals surface area (Å²) >= 11 is 5.76. The van der Waals surface area contributed by atoms with Crippen molar-refractivity contribution in [1.29, 1.82) is 0 Å². The normalized spacial score (nSPS) is 15.0. The zero-order chi connectivity index (χ0) is 52.3. The molecular weight excluding hydrogens is 900 g/mol. The highest BCUT2D eigenvalue weighted by molar-refractivity contribution is 6.30. The summed E-state index contributed by atoms with van der Waals surface area (Å²) in [5.74, 6) is 6.40. The molecule has 0 aliphatic heterocycles. The summed E-state index contributed by atoms with van der Waals surface area (Å²) in [6.45, 7) is 26.2. The van der Waals surface area contributed by atoms with Crippen LogP contribution in [0.5, 0.6) is 23.0 Å². The second-order valence-corrected chi connectivity index (χ2v) is 19.6. The van der Waals surface area contributed by atoms with Gasteiger partial charge in [0, 0.05) is 30.4 Å². The van der Waals surface area contributed by atoms with Gasteiger partial charge in [0.2, 0.25) is 0 Å². The van der Waals surface area contributed by atoms with Crippen LogP contribution in [0, 0.1) is 12.8 Å². The molecule has 6 aromatic carbocycles. The summed E-state index contributed by atoms with van der Waals surface area (Å²) in [4.78, 5) is 0. The van der Waals surface area contributed by atoms with Crippen molar-refractivity contribution < 1.29 is 29.2 Å². The molecule has 2 N–H and O–H groups in total. The number of fused-ring (bicyclic) bond motifs is 1. The van der Waals surface area contributed by atoms with E-state index in [4.69, 9.17) is 40.8 Å². The van der Waals surface area contributed by atoms with E-state index in [1.165, 1.54) is 40.7 Å². The topological polar surface area (TPSA) is 77.4 Å². The van der Waals surface area contributed by atoms with E-state index in [-0.39, 0.29) is 0 Å². The number of ether oxygens (including phenoxy) is 4. The molecule has 6 nitrogen and oxygen atoms in total. The Labute approximate surface area is 434 Å². The molecule has 0 bridgehead atoms. The summed E-state index contributed by atoms with van der Waals surface area (Å²) in [7, 11) is 3.38.